The van der Waals surface area contributed by atoms with Gasteiger partial charge in [0.1, 0.15) is 6.54 Å². The quantitative estimate of drug-likeness (QED) is 0.727. The van der Waals surface area contributed by atoms with Gasteiger partial charge in [-0.1, -0.05) is 0 Å². The fourth-order valence-electron chi connectivity index (χ4n) is 3.52. The number of carbonyl (C=O) groups excluding carboxylic acids is 2. The van der Waals surface area contributed by atoms with Gasteiger partial charge in [0.25, 0.3) is 5.91 Å². The maximum absolute atomic E-state index is 12.7. The average Bonchev–Trinajstić information content (AvgIpc) is 3.53. The monoisotopic (exact) mass is 393 g/mol. The molecule has 0 atom stereocenters. The molecule has 8 nitrogen and oxygen atoms in total. The summed E-state index contributed by atoms with van der Waals surface area (Å²) in [7, 11) is -3.58. The maximum Gasteiger partial charge on any atom is 0.254 e. The number of ether oxygens (including phenoxy) is 1. The van der Waals surface area contributed by atoms with Gasteiger partial charge < -0.3 is 14.5 Å². The molecule has 1 saturated carbocycles. The Balaban J connectivity index is 1.44. The van der Waals surface area contributed by atoms with Gasteiger partial charge in [0.2, 0.25) is 15.9 Å². The first-order valence-electron chi connectivity index (χ1n) is 9.23. The lowest BCUT2D eigenvalue weighted by Crippen LogP contribution is -2.52. The topological polar surface area (TPSA) is 87.2 Å². The zero-order valence-electron chi connectivity index (χ0n) is 15.0. The van der Waals surface area contributed by atoms with E-state index in [0.717, 1.165) is 12.8 Å². The van der Waals surface area contributed by atoms with Crippen molar-refractivity contribution in [2.75, 3.05) is 45.9 Å². The van der Waals surface area contributed by atoms with Gasteiger partial charge in [0.15, 0.2) is 0 Å². The lowest BCUT2D eigenvalue weighted by atomic mass is 10.2. The smallest absolute Gasteiger partial charge is 0.254 e. The number of piperazine rings is 1. The van der Waals surface area contributed by atoms with Gasteiger partial charge >= 0.3 is 0 Å². The van der Waals surface area contributed by atoms with Crippen LogP contribution in [-0.4, -0.2) is 86.3 Å². The number of sulfonamides is 1. The van der Waals surface area contributed by atoms with Crippen molar-refractivity contribution in [1.82, 2.24) is 14.1 Å². The number of amides is 2. The number of rotatable bonds is 4. The van der Waals surface area contributed by atoms with E-state index in [9.17, 15) is 18.0 Å². The number of benzene rings is 1. The molecule has 0 N–H and O–H groups in total. The van der Waals surface area contributed by atoms with Crippen LogP contribution in [0.15, 0.2) is 29.2 Å². The van der Waals surface area contributed by atoms with E-state index in [0.29, 0.717) is 51.0 Å². The summed E-state index contributed by atoms with van der Waals surface area (Å²) in [6.45, 7) is 2.59. The first-order chi connectivity index (χ1) is 13.0. The Bertz CT molecular complexity index is 829. The maximum atomic E-state index is 12.7. The Morgan fingerprint density at radius 3 is 2.26 bits per heavy atom. The zero-order chi connectivity index (χ0) is 19.0. The van der Waals surface area contributed by atoms with E-state index in [-0.39, 0.29) is 23.3 Å². The molecule has 3 fully saturated rings. The van der Waals surface area contributed by atoms with Crippen LogP contribution in [0.2, 0.25) is 0 Å². The van der Waals surface area contributed by atoms with Gasteiger partial charge in [-0.3, -0.25) is 9.59 Å². The fourth-order valence-corrected chi connectivity index (χ4v) is 4.93. The Morgan fingerprint density at radius 1 is 1.00 bits per heavy atom. The Hall–Kier alpha value is -1.97. The molecule has 1 aliphatic carbocycles. The van der Waals surface area contributed by atoms with Crippen LogP contribution in [0.3, 0.4) is 0 Å². The normalized spacial score (nSPS) is 22.1. The summed E-state index contributed by atoms with van der Waals surface area (Å²) in [5.74, 6) is -0.252. The van der Waals surface area contributed by atoms with Gasteiger partial charge in [-0.25, -0.2) is 8.42 Å². The van der Waals surface area contributed by atoms with Gasteiger partial charge in [-0.2, -0.15) is 4.31 Å². The molecule has 146 valence electrons. The van der Waals surface area contributed by atoms with Gasteiger partial charge in [0, 0.05) is 37.8 Å². The molecule has 9 heteroatoms. The summed E-state index contributed by atoms with van der Waals surface area (Å²) < 4.78 is 31.9. The molecule has 2 aliphatic heterocycles. The second-order valence-electron chi connectivity index (χ2n) is 7.09. The summed E-state index contributed by atoms with van der Waals surface area (Å²) in [6.07, 6.45) is 2.11. The van der Waals surface area contributed by atoms with Crippen molar-refractivity contribution in [2.45, 2.75) is 23.8 Å². The first-order valence-corrected chi connectivity index (χ1v) is 10.7. The molecule has 0 unspecified atom stereocenters. The molecule has 0 aromatic heterocycles. The molecule has 0 radical (unpaired) electrons. The first kappa shape index (κ1) is 18.4. The molecule has 4 rings (SSSR count). The SMILES string of the molecule is O=C(c1ccc(S(=O)(=O)N2CCOCC2)cc1)N1CCN(C2CC2)C(=O)C1. The third kappa shape index (κ3) is 3.71. The van der Waals surface area contributed by atoms with Crippen LogP contribution in [0, 0.1) is 0 Å². The molecule has 27 heavy (non-hydrogen) atoms. The highest BCUT2D eigenvalue weighted by Crippen LogP contribution is 2.28. The Morgan fingerprint density at radius 2 is 1.67 bits per heavy atom. The highest BCUT2D eigenvalue weighted by atomic mass is 32.2. The van der Waals surface area contributed by atoms with Crippen molar-refractivity contribution >= 4 is 21.8 Å². The highest BCUT2D eigenvalue weighted by Gasteiger charge is 2.37. The minimum Gasteiger partial charge on any atom is -0.379 e. The molecular formula is C18H23N3O5S. The van der Waals surface area contributed by atoms with Crippen molar-refractivity contribution in [3.63, 3.8) is 0 Å². The molecular weight excluding hydrogens is 370 g/mol. The van der Waals surface area contributed by atoms with E-state index >= 15 is 0 Å². The number of nitrogens with zero attached hydrogens (tertiary/aromatic N) is 3. The zero-order valence-corrected chi connectivity index (χ0v) is 15.9. The summed E-state index contributed by atoms with van der Waals surface area (Å²) in [5.41, 5.74) is 0.392. The minimum atomic E-state index is -3.58. The van der Waals surface area contributed by atoms with Crippen molar-refractivity contribution in [3.05, 3.63) is 29.8 Å². The largest absolute Gasteiger partial charge is 0.379 e. The second-order valence-corrected chi connectivity index (χ2v) is 9.02. The molecule has 0 bridgehead atoms. The van der Waals surface area contributed by atoms with Crippen LogP contribution >= 0.6 is 0 Å². The molecule has 1 aromatic carbocycles. The summed E-state index contributed by atoms with van der Waals surface area (Å²) in [5, 5.41) is 0. The molecule has 2 heterocycles. The van der Waals surface area contributed by atoms with Crippen molar-refractivity contribution in [2.24, 2.45) is 0 Å². The predicted molar refractivity (Wildman–Crippen MR) is 96.7 cm³/mol. The van der Waals surface area contributed by atoms with Crippen LogP contribution in [0.5, 0.6) is 0 Å². The van der Waals surface area contributed by atoms with E-state index in [1.54, 1.807) is 0 Å². The summed E-state index contributed by atoms with van der Waals surface area (Å²) in [4.78, 5) is 28.5. The van der Waals surface area contributed by atoms with E-state index < -0.39 is 10.0 Å². The highest BCUT2D eigenvalue weighted by molar-refractivity contribution is 7.89. The summed E-state index contributed by atoms with van der Waals surface area (Å²) in [6, 6.07) is 6.32. The third-order valence-electron chi connectivity index (χ3n) is 5.24. The van der Waals surface area contributed by atoms with E-state index in [1.165, 1.54) is 33.5 Å². The minimum absolute atomic E-state index is 0.0105. The lowest BCUT2D eigenvalue weighted by molar-refractivity contribution is -0.135. The molecule has 1 aromatic rings. The third-order valence-corrected chi connectivity index (χ3v) is 7.15. The van der Waals surface area contributed by atoms with Crippen molar-refractivity contribution in [3.8, 4) is 0 Å². The van der Waals surface area contributed by atoms with E-state index in [1.807, 2.05) is 4.90 Å². The van der Waals surface area contributed by atoms with Crippen molar-refractivity contribution in [1.29, 1.82) is 0 Å². The van der Waals surface area contributed by atoms with Crippen LogP contribution in [0.25, 0.3) is 0 Å². The number of carbonyl (C=O) groups is 2. The Labute approximate surface area is 158 Å². The van der Waals surface area contributed by atoms with Crippen LogP contribution < -0.4 is 0 Å². The molecule has 2 amide bonds. The van der Waals surface area contributed by atoms with Crippen LogP contribution in [-0.2, 0) is 19.6 Å². The van der Waals surface area contributed by atoms with Gasteiger partial charge in [-0.05, 0) is 37.1 Å². The van der Waals surface area contributed by atoms with Crippen LogP contribution in [0.1, 0.15) is 23.2 Å². The predicted octanol–water partition coefficient (Wildman–Crippen LogP) is 0.154. The molecule has 2 saturated heterocycles. The van der Waals surface area contributed by atoms with E-state index in [4.69, 9.17) is 4.74 Å². The summed E-state index contributed by atoms with van der Waals surface area (Å²) >= 11 is 0. The Kier molecular flexibility index (Phi) is 4.92. The van der Waals surface area contributed by atoms with E-state index in [2.05, 4.69) is 0 Å². The number of hydrogen-bond donors (Lipinski definition) is 0. The van der Waals surface area contributed by atoms with Gasteiger partial charge in [-0.15, -0.1) is 0 Å². The lowest BCUT2D eigenvalue weighted by Gasteiger charge is -2.34. The second kappa shape index (κ2) is 7.21. The standard InChI is InChI=1S/C18H23N3O5S/c22-17-13-19(7-8-21(17)15-3-4-15)18(23)14-1-5-16(6-2-14)27(24,25)20-9-11-26-12-10-20/h1-2,5-6,15H,3-4,7-13H2. The molecule has 3 aliphatic rings. The van der Waals surface area contributed by atoms with Gasteiger partial charge in [0.05, 0.1) is 18.1 Å². The average molecular weight is 393 g/mol. The van der Waals surface area contributed by atoms with Crippen LogP contribution in [0.4, 0.5) is 0 Å². The fraction of sp³-hybridized carbons (Fsp3) is 0.556. The van der Waals surface area contributed by atoms with Crippen molar-refractivity contribution < 1.29 is 22.7 Å². The number of hydrogen-bond acceptors (Lipinski definition) is 5. The number of morpholine rings is 1. The molecule has 0 spiro atoms.